The number of aliphatic hydroxyl groups excluding tert-OH is 1. The molecule has 0 atom stereocenters. The first-order valence-electron chi connectivity index (χ1n) is 2.40. The topological polar surface area (TPSA) is 152 Å². The Labute approximate surface area is 68.5 Å². The van der Waals surface area contributed by atoms with Gasteiger partial charge in [0.25, 0.3) is 10.1 Å². The van der Waals surface area contributed by atoms with Gasteiger partial charge in [-0.3, -0.25) is 4.55 Å². The molecule has 0 aliphatic heterocycles. The first-order valence-corrected chi connectivity index (χ1v) is 5.58. The molecule has 0 aliphatic carbocycles. The Kier molecular flexibility index (Phi) is 6.76. The molecule has 0 saturated heterocycles. The summed E-state index contributed by atoms with van der Waals surface area (Å²) in [4.78, 5) is 21.6. The summed E-state index contributed by atoms with van der Waals surface area (Å²) in [6.07, 6.45) is 0. The van der Waals surface area contributed by atoms with Gasteiger partial charge in [-0.05, 0) is 0 Å². The maximum atomic E-state index is 9.63. The van der Waals surface area contributed by atoms with Crippen LogP contribution in [0, 0.1) is 0 Å². The second-order valence-corrected chi connectivity index (χ2v) is 4.12. The summed E-state index contributed by atoms with van der Waals surface area (Å²) < 4.78 is 36.0. The normalized spacial score (nSPS) is 11.8. The molecule has 0 aromatic heterocycles. The van der Waals surface area contributed by atoms with E-state index in [1.54, 1.807) is 0 Å². The number of hydrogen-bond acceptors (Lipinski definition) is 4. The molecule has 10 heteroatoms. The largest absolute Gasteiger partial charge is 0.466 e. The summed E-state index contributed by atoms with van der Waals surface area (Å²) >= 11 is 0. The molecule has 0 fully saturated rings. The van der Waals surface area contributed by atoms with E-state index in [2.05, 4.69) is 0 Å². The van der Waals surface area contributed by atoms with Gasteiger partial charge in [-0.2, -0.15) is 8.42 Å². The Balaban J connectivity index is 0. The van der Waals surface area contributed by atoms with Crippen LogP contribution >= 0.6 is 7.82 Å². The molecule has 0 radical (unpaired) electrons. The van der Waals surface area contributed by atoms with Gasteiger partial charge >= 0.3 is 7.82 Å². The van der Waals surface area contributed by atoms with E-state index in [-0.39, 0.29) is 0 Å². The smallest absolute Gasteiger partial charge is 0.395 e. The molecule has 12 heavy (non-hydrogen) atoms. The Morgan fingerprint density at radius 1 is 1.17 bits per heavy atom. The van der Waals surface area contributed by atoms with E-state index >= 15 is 0 Å². The van der Waals surface area contributed by atoms with E-state index in [9.17, 15) is 8.42 Å². The molecule has 8 nitrogen and oxygen atoms in total. The molecule has 5 N–H and O–H groups in total. The zero-order chi connectivity index (χ0) is 10.4. The average molecular weight is 224 g/mol. The van der Waals surface area contributed by atoms with Gasteiger partial charge in [-0.25, -0.2) is 4.57 Å². The molecule has 76 valence electrons. The lowest BCUT2D eigenvalue weighted by Crippen LogP contribution is -2.06. The molecule has 0 rings (SSSR count). The van der Waals surface area contributed by atoms with Gasteiger partial charge in [0, 0.05) is 0 Å². The van der Waals surface area contributed by atoms with Crippen molar-refractivity contribution in [1.82, 2.24) is 0 Å². The van der Waals surface area contributed by atoms with E-state index in [1.807, 2.05) is 0 Å². The number of aliphatic hydroxyl groups is 1. The molecule has 0 aromatic carbocycles. The fourth-order valence-corrected chi connectivity index (χ4v) is 0.346. The van der Waals surface area contributed by atoms with Crippen LogP contribution < -0.4 is 0 Å². The van der Waals surface area contributed by atoms with Crippen LogP contribution in [0.3, 0.4) is 0 Å². The van der Waals surface area contributed by atoms with Crippen molar-refractivity contribution in [1.29, 1.82) is 0 Å². The van der Waals surface area contributed by atoms with Crippen LogP contribution in [0.4, 0.5) is 0 Å². The van der Waals surface area contributed by atoms with Gasteiger partial charge in [-0.15, -0.1) is 0 Å². The van der Waals surface area contributed by atoms with Gasteiger partial charge < -0.3 is 19.8 Å². The predicted octanol–water partition coefficient (Wildman–Crippen LogP) is -2.06. The molecule has 0 aromatic rings. The lowest BCUT2D eigenvalue weighted by Gasteiger charge is -1.85. The van der Waals surface area contributed by atoms with Crippen molar-refractivity contribution >= 4 is 17.9 Å². The summed E-state index contributed by atoms with van der Waals surface area (Å²) in [7, 11) is -8.56. The first-order chi connectivity index (χ1) is 5.06. The van der Waals surface area contributed by atoms with Crippen LogP contribution in [0.15, 0.2) is 0 Å². The van der Waals surface area contributed by atoms with Crippen molar-refractivity contribution in [2.75, 3.05) is 12.4 Å². The molecule has 0 bridgehead atoms. The van der Waals surface area contributed by atoms with Crippen LogP contribution in [0.5, 0.6) is 0 Å². The van der Waals surface area contributed by atoms with E-state index in [1.165, 1.54) is 0 Å². The van der Waals surface area contributed by atoms with Gasteiger partial charge in [0.05, 0.1) is 12.4 Å². The molecular weight excluding hydrogens is 215 g/mol. The average Bonchev–Trinajstić information content (AvgIpc) is 1.54. The third-order valence-electron chi connectivity index (χ3n) is 0.349. The monoisotopic (exact) mass is 224 g/mol. The fourth-order valence-electron chi connectivity index (χ4n) is 0.115. The summed E-state index contributed by atoms with van der Waals surface area (Å²) in [6.45, 7) is -0.529. The van der Waals surface area contributed by atoms with E-state index < -0.39 is 30.3 Å². The summed E-state index contributed by atoms with van der Waals surface area (Å²) in [5.41, 5.74) is 0. The van der Waals surface area contributed by atoms with Gasteiger partial charge in [0.1, 0.15) is 0 Å². The summed E-state index contributed by atoms with van der Waals surface area (Å²) in [5, 5.41) is 7.86. The highest BCUT2D eigenvalue weighted by Gasteiger charge is 2.00. The van der Waals surface area contributed by atoms with Crippen LogP contribution in [0.25, 0.3) is 0 Å². The zero-order valence-corrected chi connectivity index (χ0v) is 7.44. The molecular formula is C2H9O8PS. The molecule has 0 spiro atoms. The van der Waals surface area contributed by atoms with Crippen LogP contribution in [-0.2, 0) is 14.7 Å². The molecule has 0 unspecified atom stereocenters. The highest BCUT2D eigenvalue weighted by molar-refractivity contribution is 7.85. The second-order valence-electron chi connectivity index (χ2n) is 1.52. The standard InChI is InChI=1S/C2H6O4S.H3O4P/c3-1-2-7(4,5)6;1-5(2,3)4/h3H,1-2H2,(H,4,5,6);(H3,1,2,3,4). The van der Waals surface area contributed by atoms with Crippen molar-refractivity contribution in [3.05, 3.63) is 0 Å². The highest BCUT2D eigenvalue weighted by atomic mass is 32.2. The zero-order valence-electron chi connectivity index (χ0n) is 5.73. The van der Waals surface area contributed by atoms with Crippen molar-refractivity contribution < 1.29 is 37.3 Å². The van der Waals surface area contributed by atoms with E-state index in [0.29, 0.717) is 0 Å². The van der Waals surface area contributed by atoms with Gasteiger partial charge in [0.2, 0.25) is 0 Å². The van der Waals surface area contributed by atoms with E-state index in [0.717, 1.165) is 0 Å². The van der Waals surface area contributed by atoms with Gasteiger partial charge in [0.15, 0.2) is 0 Å². The van der Waals surface area contributed by atoms with Crippen LogP contribution in [0.2, 0.25) is 0 Å². The lowest BCUT2D eigenvalue weighted by atomic mass is 10.9. The van der Waals surface area contributed by atoms with Crippen molar-refractivity contribution in [3.63, 3.8) is 0 Å². The van der Waals surface area contributed by atoms with Gasteiger partial charge in [-0.1, -0.05) is 0 Å². The summed E-state index contributed by atoms with van der Waals surface area (Å²) in [5.74, 6) is -0.576. The Hall–Kier alpha value is -0.0200. The Morgan fingerprint density at radius 3 is 1.42 bits per heavy atom. The quantitative estimate of drug-likeness (QED) is 0.265. The molecule has 0 heterocycles. The SMILES string of the molecule is O=P(O)(O)O.O=S(=O)(O)CCO. The number of hydrogen-bond donors (Lipinski definition) is 5. The highest BCUT2D eigenvalue weighted by Crippen LogP contribution is 2.25. The Morgan fingerprint density at radius 2 is 1.42 bits per heavy atom. The fraction of sp³-hybridized carbons (Fsp3) is 1.00. The summed E-state index contributed by atoms with van der Waals surface area (Å²) in [6, 6.07) is 0. The Bertz CT molecular complexity index is 228. The number of phosphoric acid groups is 1. The van der Waals surface area contributed by atoms with Crippen LogP contribution in [0.1, 0.15) is 0 Å². The molecule has 0 saturated carbocycles. The minimum atomic E-state index is -4.64. The lowest BCUT2D eigenvalue weighted by molar-refractivity contribution is 0.275. The number of rotatable bonds is 2. The van der Waals surface area contributed by atoms with Crippen molar-refractivity contribution in [2.24, 2.45) is 0 Å². The maximum Gasteiger partial charge on any atom is 0.466 e. The maximum absolute atomic E-state index is 9.63. The van der Waals surface area contributed by atoms with E-state index in [4.69, 9.17) is 28.9 Å². The second kappa shape index (κ2) is 5.60. The van der Waals surface area contributed by atoms with Crippen molar-refractivity contribution in [3.8, 4) is 0 Å². The molecule has 0 amide bonds. The third kappa shape index (κ3) is 50.8. The first kappa shape index (κ1) is 14.5. The minimum Gasteiger partial charge on any atom is -0.395 e. The predicted molar refractivity (Wildman–Crippen MR) is 37.8 cm³/mol. The molecule has 0 aliphatic rings. The van der Waals surface area contributed by atoms with Crippen LogP contribution in [-0.4, -0.2) is 45.1 Å². The van der Waals surface area contributed by atoms with Crippen molar-refractivity contribution in [2.45, 2.75) is 0 Å². The third-order valence-corrected chi connectivity index (χ3v) is 1.05. The minimum absolute atomic E-state index is 0.529.